The minimum Gasteiger partial charge on any atom is -0.297 e. The van der Waals surface area contributed by atoms with Gasteiger partial charge in [0, 0.05) is 10.9 Å². The van der Waals surface area contributed by atoms with E-state index in [1.807, 2.05) is 0 Å². The van der Waals surface area contributed by atoms with Crippen molar-refractivity contribution in [1.82, 2.24) is 0 Å². The van der Waals surface area contributed by atoms with Gasteiger partial charge in [-0.1, -0.05) is 6.92 Å². The van der Waals surface area contributed by atoms with Crippen LogP contribution in [0.15, 0.2) is 16.6 Å². The van der Waals surface area contributed by atoms with Crippen LogP contribution in [0.4, 0.5) is 10.1 Å². The van der Waals surface area contributed by atoms with Crippen molar-refractivity contribution in [3.63, 3.8) is 0 Å². The second-order valence-electron chi connectivity index (χ2n) is 4.28. The van der Waals surface area contributed by atoms with Crippen LogP contribution >= 0.6 is 15.9 Å². The number of fused-ring (bicyclic) bond motifs is 1. The first-order valence-corrected chi connectivity index (χ1v) is 6.57. The molecule has 0 saturated carbocycles. The summed E-state index contributed by atoms with van der Waals surface area (Å²) in [6.07, 6.45) is 0.257. The normalized spacial score (nSPS) is 15.7. The number of rotatable bonds is 3. The van der Waals surface area contributed by atoms with Crippen LogP contribution in [-0.4, -0.2) is 23.5 Å². The molecule has 0 spiro atoms. The van der Waals surface area contributed by atoms with Crippen molar-refractivity contribution in [1.29, 1.82) is 0 Å². The van der Waals surface area contributed by atoms with E-state index in [1.165, 1.54) is 6.07 Å². The first-order valence-electron chi connectivity index (χ1n) is 5.78. The Balaban J connectivity index is 2.59. The zero-order chi connectivity index (χ0) is 14.3. The molecule has 0 aliphatic carbocycles. The third-order valence-electron chi connectivity index (χ3n) is 3.13. The van der Waals surface area contributed by atoms with Gasteiger partial charge in [-0.2, -0.15) is 0 Å². The summed E-state index contributed by atoms with van der Waals surface area (Å²) in [5, 5.41) is 0. The van der Waals surface area contributed by atoms with Crippen LogP contribution in [0.1, 0.15) is 30.6 Å². The van der Waals surface area contributed by atoms with Gasteiger partial charge in [-0.3, -0.25) is 19.3 Å². The third kappa shape index (κ3) is 2.10. The highest BCUT2D eigenvalue weighted by atomic mass is 79.9. The SMILES string of the molecule is CCC(=O)C(C)N1C(=O)C(=O)c2cc(F)cc(Br)c21. The molecule has 4 nitrogen and oxygen atoms in total. The van der Waals surface area contributed by atoms with E-state index in [0.717, 1.165) is 11.0 Å². The van der Waals surface area contributed by atoms with Crippen LogP contribution in [0.25, 0.3) is 0 Å². The molecule has 1 aliphatic heterocycles. The summed E-state index contributed by atoms with van der Waals surface area (Å²) in [6.45, 7) is 3.24. The lowest BCUT2D eigenvalue weighted by atomic mass is 10.1. The summed E-state index contributed by atoms with van der Waals surface area (Å²) in [5.74, 6) is -2.35. The molecular formula is C13H11BrFNO3. The Morgan fingerprint density at radius 3 is 2.63 bits per heavy atom. The molecule has 6 heteroatoms. The Labute approximate surface area is 117 Å². The highest BCUT2D eigenvalue weighted by Crippen LogP contribution is 2.38. The number of amides is 1. The lowest BCUT2D eigenvalue weighted by Crippen LogP contribution is -2.42. The number of nitrogens with zero attached hydrogens (tertiary/aromatic N) is 1. The average Bonchev–Trinajstić information content (AvgIpc) is 2.61. The summed E-state index contributed by atoms with van der Waals surface area (Å²) >= 11 is 3.14. The second kappa shape index (κ2) is 4.85. The Hall–Kier alpha value is -1.56. The number of benzene rings is 1. The van der Waals surface area contributed by atoms with Gasteiger partial charge in [0.15, 0.2) is 5.78 Å². The van der Waals surface area contributed by atoms with Crippen LogP contribution in [0, 0.1) is 5.82 Å². The molecule has 2 rings (SSSR count). The summed E-state index contributed by atoms with van der Waals surface area (Å²) < 4.78 is 13.6. The second-order valence-corrected chi connectivity index (χ2v) is 5.14. The molecule has 1 atom stereocenters. The van der Waals surface area contributed by atoms with Gasteiger partial charge >= 0.3 is 0 Å². The number of carbonyl (C=O) groups excluding carboxylic acids is 3. The summed E-state index contributed by atoms with van der Waals surface area (Å²) in [5.41, 5.74) is 0.262. The highest BCUT2D eigenvalue weighted by Gasteiger charge is 2.41. The number of hydrogen-bond donors (Lipinski definition) is 0. The maximum atomic E-state index is 13.3. The lowest BCUT2D eigenvalue weighted by Gasteiger charge is -2.24. The largest absolute Gasteiger partial charge is 0.300 e. The van der Waals surface area contributed by atoms with E-state index in [2.05, 4.69) is 15.9 Å². The minimum atomic E-state index is -0.796. The minimum absolute atomic E-state index is 0.00683. The molecule has 19 heavy (non-hydrogen) atoms. The average molecular weight is 328 g/mol. The van der Waals surface area contributed by atoms with Gasteiger partial charge < -0.3 is 0 Å². The molecule has 0 fully saturated rings. The lowest BCUT2D eigenvalue weighted by molar-refractivity contribution is -0.122. The molecule has 0 aromatic heterocycles. The van der Waals surface area contributed by atoms with Gasteiger partial charge in [-0.25, -0.2) is 4.39 Å². The van der Waals surface area contributed by atoms with Crippen molar-refractivity contribution in [3.8, 4) is 0 Å². The quantitative estimate of drug-likeness (QED) is 0.801. The van der Waals surface area contributed by atoms with Crippen molar-refractivity contribution >= 4 is 39.1 Å². The van der Waals surface area contributed by atoms with E-state index in [1.54, 1.807) is 13.8 Å². The number of anilines is 1. The zero-order valence-corrected chi connectivity index (χ0v) is 12.0. The Bertz CT molecular complexity index is 600. The number of ketones is 2. The topological polar surface area (TPSA) is 54.5 Å². The van der Waals surface area contributed by atoms with Crippen molar-refractivity contribution in [2.45, 2.75) is 26.3 Å². The molecule has 1 aliphatic rings. The standard InChI is InChI=1S/C13H11BrFNO3/c1-3-10(17)6(2)16-11-8(12(18)13(16)19)4-7(15)5-9(11)14/h4-6H,3H2,1-2H3. The van der Waals surface area contributed by atoms with Gasteiger partial charge in [-0.05, 0) is 35.0 Å². The molecule has 100 valence electrons. The smallest absolute Gasteiger partial charge is 0.297 e. The van der Waals surface area contributed by atoms with E-state index in [4.69, 9.17) is 0 Å². The van der Waals surface area contributed by atoms with Crippen LogP contribution in [0.3, 0.4) is 0 Å². The van der Waals surface area contributed by atoms with Crippen molar-refractivity contribution in [3.05, 3.63) is 28.0 Å². The molecule has 1 aromatic rings. The van der Waals surface area contributed by atoms with Crippen LogP contribution in [0.2, 0.25) is 0 Å². The number of hydrogen-bond acceptors (Lipinski definition) is 3. The van der Waals surface area contributed by atoms with E-state index in [-0.39, 0.29) is 27.9 Å². The number of halogens is 2. The summed E-state index contributed by atoms with van der Waals surface area (Å²) in [4.78, 5) is 36.7. The van der Waals surface area contributed by atoms with E-state index < -0.39 is 23.5 Å². The Morgan fingerprint density at radius 2 is 2.05 bits per heavy atom. The molecular weight excluding hydrogens is 317 g/mol. The van der Waals surface area contributed by atoms with Gasteiger partial charge in [0.05, 0.1) is 17.3 Å². The summed E-state index contributed by atoms with van der Waals surface area (Å²) in [6, 6.07) is 1.44. The van der Waals surface area contributed by atoms with Crippen LogP contribution < -0.4 is 4.90 Å². The first kappa shape index (κ1) is 13.9. The highest BCUT2D eigenvalue weighted by molar-refractivity contribution is 9.10. The maximum absolute atomic E-state index is 13.3. The van der Waals surface area contributed by atoms with E-state index in [0.29, 0.717) is 0 Å². The molecule has 0 bridgehead atoms. The number of carbonyl (C=O) groups is 3. The maximum Gasteiger partial charge on any atom is 0.300 e. The van der Waals surface area contributed by atoms with Gasteiger partial charge in [-0.15, -0.1) is 0 Å². The van der Waals surface area contributed by atoms with E-state index in [9.17, 15) is 18.8 Å². The third-order valence-corrected chi connectivity index (χ3v) is 3.73. The van der Waals surface area contributed by atoms with Crippen molar-refractivity contribution in [2.75, 3.05) is 4.90 Å². The molecule has 1 heterocycles. The molecule has 1 unspecified atom stereocenters. The molecule has 1 amide bonds. The fourth-order valence-electron chi connectivity index (χ4n) is 2.12. The van der Waals surface area contributed by atoms with Crippen LogP contribution in [0.5, 0.6) is 0 Å². The van der Waals surface area contributed by atoms with Gasteiger partial charge in [0.2, 0.25) is 0 Å². The Kier molecular flexibility index (Phi) is 3.54. The molecule has 0 radical (unpaired) electrons. The summed E-state index contributed by atoms with van der Waals surface area (Å²) in [7, 11) is 0. The number of Topliss-reactive ketones (excluding diaryl/α,β-unsaturated/α-hetero) is 2. The Morgan fingerprint density at radius 1 is 1.42 bits per heavy atom. The molecule has 1 aromatic carbocycles. The fourth-order valence-corrected chi connectivity index (χ4v) is 2.74. The fraction of sp³-hybridized carbons (Fsp3) is 0.308. The van der Waals surface area contributed by atoms with E-state index >= 15 is 0 Å². The predicted molar refractivity (Wildman–Crippen MR) is 70.7 cm³/mol. The first-order chi connectivity index (χ1) is 8.88. The van der Waals surface area contributed by atoms with Gasteiger partial charge in [0.25, 0.3) is 11.7 Å². The molecule has 0 N–H and O–H groups in total. The molecule has 0 saturated heterocycles. The van der Waals surface area contributed by atoms with Crippen molar-refractivity contribution < 1.29 is 18.8 Å². The zero-order valence-electron chi connectivity index (χ0n) is 10.4. The monoisotopic (exact) mass is 327 g/mol. The predicted octanol–water partition coefficient (Wildman–Crippen LogP) is 2.49. The van der Waals surface area contributed by atoms with Crippen molar-refractivity contribution in [2.24, 2.45) is 0 Å². The van der Waals surface area contributed by atoms with Crippen LogP contribution in [-0.2, 0) is 9.59 Å². The van der Waals surface area contributed by atoms with Gasteiger partial charge in [0.1, 0.15) is 5.82 Å².